The van der Waals surface area contributed by atoms with Crippen LogP contribution < -0.4 is 0 Å². The molecule has 0 aliphatic heterocycles. The zero-order chi connectivity index (χ0) is 14.0. The largest absolute Gasteiger partial charge is 0.288 e. The van der Waals surface area contributed by atoms with E-state index in [2.05, 4.69) is 10.2 Å². The maximum Gasteiger partial charge on any atom is 0.198 e. The Morgan fingerprint density at radius 3 is 2.63 bits per heavy atom. The number of ketones is 1. The minimum absolute atomic E-state index is 0.263. The molecule has 0 bridgehead atoms. The van der Waals surface area contributed by atoms with Gasteiger partial charge in [0.1, 0.15) is 0 Å². The van der Waals surface area contributed by atoms with Crippen LogP contribution in [0.25, 0.3) is 0 Å². The van der Waals surface area contributed by atoms with Gasteiger partial charge in [0.25, 0.3) is 0 Å². The molecular formula is C14H12F2N2O. The van der Waals surface area contributed by atoms with Crippen LogP contribution in [0.3, 0.4) is 0 Å². The van der Waals surface area contributed by atoms with Gasteiger partial charge in [0.2, 0.25) is 0 Å². The Balaban J connectivity index is 2.56. The van der Waals surface area contributed by atoms with E-state index in [1.54, 1.807) is 13.0 Å². The minimum Gasteiger partial charge on any atom is -0.288 e. The van der Waals surface area contributed by atoms with Gasteiger partial charge in [-0.15, -0.1) is 0 Å². The quantitative estimate of drug-likeness (QED) is 0.799. The highest BCUT2D eigenvalue weighted by molar-refractivity contribution is 6.09. The summed E-state index contributed by atoms with van der Waals surface area (Å²) >= 11 is 0. The number of halogens is 2. The fraction of sp³-hybridized carbons (Fsp3) is 0.214. The van der Waals surface area contributed by atoms with Gasteiger partial charge in [-0.3, -0.25) is 4.79 Å². The predicted octanol–water partition coefficient (Wildman–Crippen LogP) is 2.86. The number of carbonyl (C=O) groups is 1. The highest BCUT2D eigenvalue weighted by Crippen LogP contribution is 2.18. The van der Waals surface area contributed by atoms with Crippen molar-refractivity contribution < 1.29 is 13.6 Å². The van der Waals surface area contributed by atoms with Crippen molar-refractivity contribution in [1.29, 1.82) is 0 Å². The second-order valence-corrected chi connectivity index (χ2v) is 4.13. The van der Waals surface area contributed by atoms with Gasteiger partial charge in [-0.2, -0.15) is 10.2 Å². The van der Waals surface area contributed by atoms with Crippen LogP contribution in [0.1, 0.15) is 34.2 Å². The SMILES string of the molecule is CCc1nnc(C)cc1C(=O)c1cccc(F)c1F. The fourth-order valence-corrected chi connectivity index (χ4v) is 1.80. The molecular weight excluding hydrogens is 250 g/mol. The van der Waals surface area contributed by atoms with Crippen molar-refractivity contribution in [3.63, 3.8) is 0 Å². The summed E-state index contributed by atoms with van der Waals surface area (Å²) in [5.74, 6) is -2.75. The number of aromatic nitrogens is 2. The molecule has 0 aliphatic rings. The van der Waals surface area contributed by atoms with Gasteiger partial charge in [-0.1, -0.05) is 13.0 Å². The molecule has 3 nitrogen and oxygen atoms in total. The van der Waals surface area contributed by atoms with E-state index in [9.17, 15) is 13.6 Å². The monoisotopic (exact) mass is 262 g/mol. The normalized spacial score (nSPS) is 10.5. The molecule has 5 heteroatoms. The summed E-state index contributed by atoms with van der Waals surface area (Å²) in [6.07, 6.45) is 0.491. The third-order valence-electron chi connectivity index (χ3n) is 2.77. The molecule has 19 heavy (non-hydrogen) atoms. The lowest BCUT2D eigenvalue weighted by atomic mass is 10.00. The second-order valence-electron chi connectivity index (χ2n) is 4.13. The Hall–Kier alpha value is -2.17. The van der Waals surface area contributed by atoms with Gasteiger partial charge < -0.3 is 0 Å². The first-order valence-electron chi connectivity index (χ1n) is 5.86. The van der Waals surface area contributed by atoms with E-state index in [-0.39, 0.29) is 11.1 Å². The van der Waals surface area contributed by atoms with Gasteiger partial charge in [0.15, 0.2) is 17.4 Å². The number of nitrogens with zero attached hydrogens (tertiary/aromatic N) is 2. The Bertz CT molecular complexity index is 641. The molecule has 1 aromatic heterocycles. The van der Waals surface area contributed by atoms with Crippen molar-refractivity contribution in [2.45, 2.75) is 20.3 Å². The summed E-state index contributed by atoms with van der Waals surface area (Å²) in [5.41, 5.74) is 0.998. The molecule has 0 spiro atoms. The van der Waals surface area contributed by atoms with Crippen molar-refractivity contribution >= 4 is 5.78 Å². The molecule has 0 fully saturated rings. The van der Waals surface area contributed by atoms with Crippen molar-refractivity contribution in [3.05, 3.63) is 58.4 Å². The number of hydrogen-bond acceptors (Lipinski definition) is 3. The highest BCUT2D eigenvalue weighted by atomic mass is 19.2. The molecule has 0 saturated carbocycles. The third-order valence-corrected chi connectivity index (χ3v) is 2.77. The molecule has 1 heterocycles. The van der Waals surface area contributed by atoms with Crippen LogP contribution in [0.2, 0.25) is 0 Å². The van der Waals surface area contributed by atoms with E-state index in [4.69, 9.17) is 0 Å². The zero-order valence-electron chi connectivity index (χ0n) is 10.6. The molecule has 2 rings (SSSR count). The van der Waals surface area contributed by atoms with E-state index in [0.717, 1.165) is 6.07 Å². The summed E-state index contributed by atoms with van der Waals surface area (Å²) < 4.78 is 26.8. The van der Waals surface area contributed by atoms with Crippen molar-refractivity contribution in [2.24, 2.45) is 0 Å². The van der Waals surface area contributed by atoms with E-state index >= 15 is 0 Å². The van der Waals surface area contributed by atoms with Crippen molar-refractivity contribution in [2.75, 3.05) is 0 Å². The minimum atomic E-state index is -1.14. The van der Waals surface area contributed by atoms with Crippen LogP contribution in [-0.2, 0) is 6.42 Å². The van der Waals surface area contributed by atoms with Crippen LogP contribution in [0.5, 0.6) is 0 Å². The van der Waals surface area contributed by atoms with Crippen molar-refractivity contribution in [3.8, 4) is 0 Å². The summed E-state index contributed by atoms with van der Waals surface area (Å²) in [5, 5.41) is 7.76. The molecule has 0 N–H and O–H groups in total. The number of benzene rings is 1. The van der Waals surface area contributed by atoms with Crippen LogP contribution >= 0.6 is 0 Å². The standard InChI is InChI=1S/C14H12F2N2O/c1-3-12-10(7-8(2)17-18-12)14(19)9-5-4-6-11(15)13(9)16/h4-7H,3H2,1-2H3. The first kappa shape index (κ1) is 13.3. The molecule has 0 amide bonds. The van der Waals surface area contributed by atoms with E-state index < -0.39 is 17.4 Å². The van der Waals surface area contributed by atoms with Gasteiger partial charge in [0.05, 0.1) is 17.0 Å². The predicted molar refractivity (Wildman–Crippen MR) is 65.9 cm³/mol. The Labute approximate surface area is 109 Å². The number of rotatable bonds is 3. The molecule has 0 radical (unpaired) electrons. The number of carbonyl (C=O) groups excluding carboxylic acids is 1. The number of hydrogen-bond donors (Lipinski definition) is 0. The van der Waals surface area contributed by atoms with E-state index in [0.29, 0.717) is 17.8 Å². The lowest BCUT2D eigenvalue weighted by Gasteiger charge is -2.07. The highest BCUT2D eigenvalue weighted by Gasteiger charge is 2.20. The topological polar surface area (TPSA) is 42.9 Å². The lowest BCUT2D eigenvalue weighted by Crippen LogP contribution is -2.11. The molecule has 0 unspecified atom stereocenters. The molecule has 1 aromatic carbocycles. The van der Waals surface area contributed by atoms with Crippen LogP contribution in [0.4, 0.5) is 8.78 Å². The van der Waals surface area contributed by atoms with Crippen molar-refractivity contribution in [1.82, 2.24) is 10.2 Å². The van der Waals surface area contributed by atoms with Crippen LogP contribution in [0, 0.1) is 18.6 Å². The van der Waals surface area contributed by atoms with Gasteiger partial charge in [0, 0.05) is 5.56 Å². The first-order chi connectivity index (χ1) is 9.04. The Morgan fingerprint density at radius 2 is 1.95 bits per heavy atom. The lowest BCUT2D eigenvalue weighted by molar-refractivity contribution is 0.103. The summed E-state index contributed by atoms with van der Waals surface area (Å²) in [6, 6.07) is 5.08. The maximum absolute atomic E-state index is 13.6. The third kappa shape index (κ3) is 2.50. The molecule has 0 atom stereocenters. The maximum atomic E-state index is 13.6. The molecule has 98 valence electrons. The van der Waals surface area contributed by atoms with Gasteiger partial charge >= 0.3 is 0 Å². The first-order valence-corrected chi connectivity index (χ1v) is 5.86. The summed E-state index contributed by atoms with van der Waals surface area (Å²) in [4.78, 5) is 12.3. The Morgan fingerprint density at radius 1 is 1.21 bits per heavy atom. The van der Waals surface area contributed by atoms with Crippen LogP contribution in [-0.4, -0.2) is 16.0 Å². The zero-order valence-corrected chi connectivity index (χ0v) is 10.6. The fourth-order valence-electron chi connectivity index (χ4n) is 1.80. The number of aryl methyl sites for hydroxylation is 2. The van der Waals surface area contributed by atoms with Gasteiger partial charge in [-0.25, -0.2) is 8.78 Å². The summed E-state index contributed by atoms with van der Waals surface area (Å²) in [6.45, 7) is 3.50. The summed E-state index contributed by atoms with van der Waals surface area (Å²) in [7, 11) is 0. The second kappa shape index (κ2) is 5.22. The van der Waals surface area contributed by atoms with E-state index in [1.807, 2.05) is 6.92 Å². The van der Waals surface area contributed by atoms with E-state index in [1.165, 1.54) is 12.1 Å². The molecule has 0 aliphatic carbocycles. The van der Waals surface area contributed by atoms with Crippen LogP contribution in [0.15, 0.2) is 24.3 Å². The Kier molecular flexibility index (Phi) is 3.64. The smallest absolute Gasteiger partial charge is 0.198 e. The average Bonchev–Trinajstić information content (AvgIpc) is 2.41. The molecule has 2 aromatic rings. The molecule has 0 saturated heterocycles. The van der Waals surface area contributed by atoms with Gasteiger partial charge in [-0.05, 0) is 31.5 Å². The average molecular weight is 262 g/mol.